The van der Waals surface area contributed by atoms with Gasteiger partial charge in [-0.05, 0) is 19.1 Å². The largest absolute Gasteiger partial charge is 0.369 e. The second-order valence-corrected chi connectivity index (χ2v) is 3.94. The van der Waals surface area contributed by atoms with Crippen molar-refractivity contribution in [1.82, 2.24) is 4.98 Å². The minimum absolute atomic E-state index is 0.0955. The summed E-state index contributed by atoms with van der Waals surface area (Å²) < 4.78 is 0. The molecule has 0 aromatic carbocycles. The third-order valence-corrected chi connectivity index (χ3v) is 2.68. The van der Waals surface area contributed by atoms with Gasteiger partial charge in [0.25, 0.3) is 0 Å². The number of hydrogen-bond donors (Lipinski definition) is 1. The zero-order valence-corrected chi connectivity index (χ0v) is 9.01. The molecule has 1 unspecified atom stereocenters. The molecule has 2 heterocycles. The molecular weight excluding hydrogens is 206 g/mol. The highest BCUT2D eigenvalue weighted by Gasteiger charge is 2.34. The topological polar surface area (TPSA) is 76.3 Å². The van der Waals surface area contributed by atoms with Gasteiger partial charge in [-0.3, -0.25) is 14.5 Å². The van der Waals surface area contributed by atoms with Gasteiger partial charge in [-0.25, -0.2) is 4.98 Å². The van der Waals surface area contributed by atoms with E-state index in [4.69, 9.17) is 5.73 Å². The summed E-state index contributed by atoms with van der Waals surface area (Å²) in [5.41, 5.74) is 6.03. The van der Waals surface area contributed by atoms with Crippen LogP contribution < -0.4 is 10.6 Å². The van der Waals surface area contributed by atoms with Crippen molar-refractivity contribution in [3.8, 4) is 0 Å². The molecule has 0 bridgehead atoms. The molecule has 1 aliphatic heterocycles. The second-order valence-electron chi connectivity index (χ2n) is 3.94. The smallest absolute Gasteiger partial charge is 0.229 e. The van der Waals surface area contributed by atoms with E-state index in [-0.39, 0.29) is 12.3 Å². The highest BCUT2D eigenvalue weighted by Crippen LogP contribution is 2.23. The zero-order valence-electron chi connectivity index (χ0n) is 9.01. The SMILES string of the molecule is Cc1cccc(N2CC(C(N)=O)CC2=O)n1. The number of rotatable bonds is 2. The van der Waals surface area contributed by atoms with Crippen molar-refractivity contribution < 1.29 is 9.59 Å². The van der Waals surface area contributed by atoms with Crippen LogP contribution in [0.2, 0.25) is 0 Å². The first-order chi connectivity index (χ1) is 7.58. The van der Waals surface area contributed by atoms with E-state index in [0.29, 0.717) is 12.4 Å². The van der Waals surface area contributed by atoms with Crippen LogP contribution in [0.5, 0.6) is 0 Å². The molecular formula is C11H13N3O2. The number of pyridine rings is 1. The van der Waals surface area contributed by atoms with E-state index in [1.807, 2.05) is 19.1 Å². The molecule has 84 valence electrons. The van der Waals surface area contributed by atoms with E-state index < -0.39 is 11.8 Å². The third kappa shape index (κ3) is 1.88. The molecule has 0 spiro atoms. The highest BCUT2D eigenvalue weighted by atomic mass is 16.2. The molecule has 2 rings (SSSR count). The van der Waals surface area contributed by atoms with Crippen molar-refractivity contribution in [3.05, 3.63) is 23.9 Å². The Balaban J connectivity index is 2.23. The molecule has 5 heteroatoms. The number of carbonyl (C=O) groups excluding carboxylic acids is 2. The molecule has 1 aromatic rings. The van der Waals surface area contributed by atoms with E-state index in [9.17, 15) is 9.59 Å². The summed E-state index contributed by atoms with van der Waals surface area (Å²) in [5.74, 6) is -0.325. The third-order valence-electron chi connectivity index (χ3n) is 2.68. The normalized spacial score (nSPS) is 20.2. The van der Waals surface area contributed by atoms with Gasteiger partial charge >= 0.3 is 0 Å². The lowest BCUT2D eigenvalue weighted by molar-refractivity contribution is -0.123. The van der Waals surface area contributed by atoms with Gasteiger partial charge in [-0.2, -0.15) is 0 Å². The number of amides is 2. The summed E-state index contributed by atoms with van der Waals surface area (Å²) in [6.45, 7) is 2.19. The van der Waals surface area contributed by atoms with Crippen LogP contribution in [0.15, 0.2) is 18.2 Å². The second kappa shape index (κ2) is 3.92. The molecule has 1 aliphatic rings. The zero-order chi connectivity index (χ0) is 11.7. The quantitative estimate of drug-likeness (QED) is 0.773. The summed E-state index contributed by atoms with van der Waals surface area (Å²) in [4.78, 5) is 28.5. The van der Waals surface area contributed by atoms with E-state index >= 15 is 0 Å². The molecule has 0 saturated carbocycles. The number of nitrogens with zero attached hydrogens (tertiary/aromatic N) is 2. The monoisotopic (exact) mass is 219 g/mol. The van der Waals surface area contributed by atoms with Crippen LogP contribution in [0.1, 0.15) is 12.1 Å². The molecule has 1 saturated heterocycles. The molecule has 16 heavy (non-hydrogen) atoms. The standard InChI is InChI=1S/C11H13N3O2/c1-7-3-2-4-9(13-7)14-6-8(11(12)16)5-10(14)15/h2-4,8H,5-6H2,1H3,(H2,12,16). The molecule has 2 amide bonds. The Hall–Kier alpha value is -1.91. The van der Waals surface area contributed by atoms with Crippen molar-refractivity contribution in [3.63, 3.8) is 0 Å². The lowest BCUT2D eigenvalue weighted by atomic mass is 10.1. The predicted molar refractivity (Wildman–Crippen MR) is 58.6 cm³/mol. The Morgan fingerprint density at radius 1 is 1.56 bits per heavy atom. The lowest BCUT2D eigenvalue weighted by Gasteiger charge is -2.15. The number of hydrogen-bond acceptors (Lipinski definition) is 3. The van der Waals surface area contributed by atoms with Gasteiger partial charge in [0.15, 0.2) is 0 Å². The lowest BCUT2D eigenvalue weighted by Crippen LogP contribution is -2.29. The molecule has 1 fully saturated rings. The summed E-state index contributed by atoms with van der Waals surface area (Å²) >= 11 is 0. The number of nitrogens with two attached hydrogens (primary N) is 1. The van der Waals surface area contributed by atoms with Crippen molar-refractivity contribution in [1.29, 1.82) is 0 Å². The molecule has 1 atom stereocenters. The fourth-order valence-electron chi connectivity index (χ4n) is 1.80. The van der Waals surface area contributed by atoms with Gasteiger partial charge in [-0.15, -0.1) is 0 Å². The van der Waals surface area contributed by atoms with Crippen LogP contribution in [0, 0.1) is 12.8 Å². The van der Waals surface area contributed by atoms with Crippen LogP contribution in [-0.4, -0.2) is 23.3 Å². The molecule has 2 N–H and O–H groups in total. The molecule has 0 radical (unpaired) electrons. The summed E-state index contributed by atoms with van der Waals surface area (Å²) in [6.07, 6.45) is 0.185. The fraction of sp³-hybridized carbons (Fsp3) is 0.364. The van der Waals surface area contributed by atoms with E-state index in [2.05, 4.69) is 4.98 Å². The Morgan fingerprint density at radius 2 is 2.31 bits per heavy atom. The first-order valence-electron chi connectivity index (χ1n) is 5.11. The van der Waals surface area contributed by atoms with Crippen LogP contribution in [0.4, 0.5) is 5.82 Å². The Labute approximate surface area is 93.3 Å². The van der Waals surface area contributed by atoms with Crippen LogP contribution >= 0.6 is 0 Å². The summed E-state index contributed by atoms with van der Waals surface area (Å²) in [7, 11) is 0. The number of carbonyl (C=O) groups is 2. The summed E-state index contributed by atoms with van der Waals surface area (Å²) in [6, 6.07) is 5.45. The minimum atomic E-state index is -0.427. The van der Waals surface area contributed by atoms with E-state index in [1.165, 1.54) is 4.90 Å². The fourth-order valence-corrected chi connectivity index (χ4v) is 1.80. The van der Waals surface area contributed by atoms with Crippen molar-refractivity contribution in [2.24, 2.45) is 11.7 Å². The Bertz CT molecular complexity index is 445. The summed E-state index contributed by atoms with van der Waals surface area (Å²) in [5, 5.41) is 0. The maximum atomic E-state index is 11.7. The van der Waals surface area contributed by atoms with E-state index in [0.717, 1.165) is 5.69 Å². The first kappa shape index (κ1) is 10.6. The van der Waals surface area contributed by atoms with Crippen molar-refractivity contribution in [2.75, 3.05) is 11.4 Å². The maximum absolute atomic E-state index is 11.7. The molecule has 1 aromatic heterocycles. The molecule has 0 aliphatic carbocycles. The van der Waals surface area contributed by atoms with Crippen LogP contribution in [-0.2, 0) is 9.59 Å². The maximum Gasteiger partial charge on any atom is 0.229 e. The number of aryl methyl sites for hydroxylation is 1. The van der Waals surface area contributed by atoms with E-state index in [1.54, 1.807) is 6.07 Å². The van der Waals surface area contributed by atoms with Crippen LogP contribution in [0.3, 0.4) is 0 Å². The highest BCUT2D eigenvalue weighted by molar-refractivity contribution is 5.99. The van der Waals surface area contributed by atoms with Gasteiger partial charge in [0.2, 0.25) is 11.8 Å². The Kier molecular flexibility index (Phi) is 2.60. The van der Waals surface area contributed by atoms with Crippen LogP contribution in [0.25, 0.3) is 0 Å². The predicted octanol–water partition coefficient (Wildman–Crippen LogP) is 0.228. The average Bonchev–Trinajstić information content (AvgIpc) is 2.60. The molecule has 5 nitrogen and oxygen atoms in total. The van der Waals surface area contributed by atoms with Crippen molar-refractivity contribution >= 4 is 17.6 Å². The van der Waals surface area contributed by atoms with Gasteiger partial charge in [0.05, 0.1) is 5.92 Å². The minimum Gasteiger partial charge on any atom is -0.369 e. The van der Waals surface area contributed by atoms with Gasteiger partial charge in [0.1, 0.15) is 5.82 Å². The van der Waals surface area contributed by atoms with Gasteiger partial charge in [0, 0.05) is 18.7 Å². The van der Waals surface area contributed by atoms with Gasteiger partial charge in [-0.1, -0.05) is 6.07 Å². The first-order valence-corrected chi connectivity index (χ1v) is 5.11. The average molecular weight is 219 g/mol. The van der Waals surface area contributed by atoms with Crippen molar-refractivity contribution in [2.45, 2.75) is 13.3 Å². The number of aromatic nitrogens is 1. The number of primary amides is 1. The Morgan fingerprint density at radius 3 is 2.88 bits per heavy atom. The van der Waals surface area contributed by atoms with Gasteiger partial charge < -0.3 is 5.73 Å². The number of anilines is 1.